The van der Waals surface area contributed by atoms with Gasteiger partial charge in [-0.1, -0.05) is 56.8 Å². The standard InChI is InChI=1S/C22H26N4OS2/c1-22(2,3)17-7-5-15(6-8-17)20-23-24-21(25(20)4)29-14-19(27)26-11-9-18-16(13-26)10-12-28-18/h5-8,10,12H,9,11,13-14H2,1-4H3. The SMILES string of the molecule is Cn1c(SCC(=O)N2CCc3sccc3C2)nnc1-c1ccc(C(C)(C)C)cc1. The molecule has 1 aliphatic heterocycles. The zero-order chi connectivity index (χ0) is 20.6. The second-order valence-corrected chi connectivity index (χ2v) is 10.4. The third kappa shape index (κ3) is 4.26. The lowest BCUT2D eigenvalue weighted by atomic mass is 9.87. The van der Waals surface area contributed by atoms with Gasteiger partial charge in [-0.25, -0.2) is 0 Å². The molecule has 5 nitrogen and oxygen atoms in total. The van der Waals surface area contributed by atoms with E-state index in [-0.39, 0.29) is 11.3 Å². The van der Waals surface area contributed by atoms with E-state index in [1.165, 1.54) is 27.8 Å². The summed E-state index contributed by atoms with van der Waals surface area (Å²) in [7, 11) is 1.96. The van der Waals surface area contributed by atoms with Crippen LogP contribution in [0.15, 0.2) is 40.9 Å². The minimum absolute atomic E-state index is 0.123. The van der Waals surface area contributed by atoms with Crippen LogP contribution in [0.4, 0.5) is 0 Å². The Morgan fingerprint density at radius 1 is 1.17 bits per heavy atom. The Bertz CT molecular complexity index is 1010. The van der Waals surface area contributed by atoms with Gasteiger partial charge in [-0.15, -0.1) is 21.5 Å². The van der Waals surface area contributed by atoms with Gasteiger partial charge in [-0.2, -0.15) is 0 Å². The first-order chi connectivity index (χ1) is 13.8. The van der Waals surface area contributed by atoms with Gasteiger partial charge in [0.25, 0.3) is 0 Å². The fourth-order valence-electron chi connectivity index (χ4n) is 3.49. The van der Waals surface area contributed by atoms with Crippen molar-refractivity contribution < 1.29 is 4.79 Å². The quantitative estimate of drug-likeness (QED) is 0.576. The molecule has 0 N–H and O–H groups in total. The van der Waals surface area contributed by atoms with Crippen molar-refractivity contribution in [3.63, 3.8) is 0 Å². The second kappa shape index (κ2) is 7.95. The maximum atomic E-state index is 12.7. The second-order valence-electron chi connectivity index (χ2n) is 8.42. The Balaban J connectivity index is 1.41. The smallest absolute Gasteiger partial charge is 0.233 e. The van der Waals surface area contributed by atoms with Gasteiger partial charge >= 0.3 is 0 Å². The lowest BCUT2D eigenvalue weighted by Gasteiger charge is -2.26. The molecule has 7 heteroatoms. The van der Waals surface area contributed by atoms with Crippen LogP contribution in [-0.4, -0.2) is 37.9 Å². The first kappa shape index (κ1) is 20.2. The summed E-state index contributed by atoms with van der Waals surface area (Å²) in [6, 6.07) is 10.6. The summed E-state index contributed by atoms with van der Waals surface area (Å²) in [5.41, 5.74) is 3.74. The molecule has 3 heterocycles. The molecule has 0 radical (unpaired) electrons. The molecule has 0 spiro atoms. The summed E-state index contributed by atoms with van der Waals surface area (Å²) in [5, 5.41) is 11.6. The topological polar surface area (TPSA) is 51.0 Å². The van der Waals surface area contributed by atoms with E-state index in [0.29, 0.717) is 5.75 Å². The highest BCUT2D eigenvalue weighted by atomic mass is 32.2. The summed E-state index contributed by atoms with van der Waals surface area (Å²) >= 11 is 3.25. The van der Waals surface area contributed by atoms with E-state index in [9.17, 15) is 4.79 Å². The third-order valence-electron chi connectivity index (χ3n) is 5.33. The molecule has 0 saturated heterocycles. The van der Waals surface area contributed by atoms with E-state index in [1.54, 1.807) is 11.3 Å². The molecule has 4 rings (SSSR count). The summed E-state index contributed by atoms with van der Waals surface area (Å²) in [5.74, 6) is 1.36. The molecule has 1 amide bonds. The highest BCUT2D eigenvalue weighted by Gasteiger charge is 2.22. The van der Waals surface area contributed by atoms with Crippen molar-refractivity contribution in [2.45, 2.75) is 44.3 Å². The van der Waals surface area contributed by atoms with E-state index < -0.39 is 0 Å². The van der Waals surface area contributed by atoms with Crippen LogP contribution in [0.3, 0.4) is 0 Å². The van der Waals surface area contributed by atoms with Crippen LogP contribution in [0, 0.1) is 0 Å². The van der Waals surface area contributed by atoms with Gasteiger partial charge in [-0.3, -0.25) is 4.79 Å². The molecule has 0 saturated carbocycles. The monoisotopic (exact) mass is 426 g/mol. The van der Waals surface area contributed by atoms with Crippen LogP contribution in [-0.2, 0) is 30.2 Å². The van der Waals surface area contributed by atoms with Crippen molar-refractivity contribution in [3.05, 3.63) is 51.7 Å². The zero-order valence-corrected chi connectivity index (χ0v) is 18.9. The number of fused-ring (bicyclic) bond motifs is 1. The molecule has 1 aromatic carbocycles. The van der Waals surface area contributed by atoms with Crippen LogP contribution in [0.5, 0.6) is 0 Å². The Hall–Kier alpha value is -2.12. The predicted molar refractivity (Wildman–Crippen MR) is 119 cm³/mol. The fourth-order valence-corrected chi connectivity index (χ4v) is 5.19. The molecule has 0 fully saturated rings. The number of aromatic nitrogens is 3. The number of thioether (sulfide) groups is 1. The summed E-state index contributed by atoms with van der Waals surface area (Å²) < 4.78 is 1.97. The summed E-state index contributed by atoms with van der Waals surface area (Å²) in [4.78, 5) is 16.0. The Labute approximate surface area is 180 Å². The number of nitrogens with zero attached hydrogens (tertiary/aromatic N) is 4. The molecule has 0 atom stereocenters. The average molecular weight is 427 g/mol. The number of rotatable bonds is 4. The van der Waals surface area contributed by atoms with Gasteiger partial charge in [0.05, 0.1) is 5.75 Å². The van der Waals surface area contributed by atoms with Gasteiger partial charge in [0, 0.05) is 30.6 Å². The van der Waals surface area contributed by atoms with Crippen molar-refractivity contribution in [1.82, 2.24) is 19.7 Å². The van der Waals surface area contributed by atoms with Gasteiger partial charge in [0.15, 0.2) is 11.0 Å². The molecule has 0 aliphatic carbocycles. The largest absolute Gasteiger partial charge is 0.337 e. The van der Waals surface area contributed by atoms with Gasteiger partial charge in [-0.05, 0) is 34.4 Å². The number of thiophene rings is 1. The first-order valence-electron chi connectivity index (χ1n) is 9.79. The summed E-state index contributed by atoms with van der Waals surface area (Å²) in [6.07, 6.45) is 0.960. The lowest BCUT2D eigenvalue weighted by molar-refractivity contribution is -0.129. The fraction of sp³-hybridized carbons (Fsp3) is 0.409. The number of hydrogen-bond acceptors (Lipinski definition) is 5. The van der Waals surface area contributed by atoms with E-state index in [2.05, 4.69) is 66.7 Å². The van der Waals surface area contributed by atoms with Crippen molar-refractivity contribution in [2.24, 2.45) is 7.05 Å². The third-order valence-corrected chi connectivity index (χ3v) is 7.36. The Kier molecular flexibility index (Phi) is 5.53. The van der Waals surface area contributed by atoms with Crippen LogP contribution in [0.25, 0.3) is 11.4 Å². The van der Waals surface area contributed by atoms with Crippen molar-refractivity contribution in [2.75, 3.05) is 12.3 Å². The van der Waals surface area contributed by atoms with Crippen LogP contribution in [0.1, 0.15) is 36.8 Å². The molecule has 1 aliphatic rings. The number of carbonyl (C=O) groups excluding carboxylic acids is 1. The molecule has 3 aromatic rings. The highest BCUT2D eigenvalue weighted by Crippen LogP contribution is 2.28. The summed E-state index contributed by atoms with van der Waals surface area (Å²) in [6.45, 7) is 8.15. The van der Waals surface area contributed by atoms with Gasteiger partial charge < -0.3 is 9.47 Å². The van der Waals surface area contributed by atoms with E-state index in [0.717, 1.165) is 36.1 Å². The molecule has 0 unspecified atom stereocenters. The predicted octanol–water partition coefficient (Wildman–Crippen LogP) is 4.52. The van der Waals surface area contributed by atoms with E-state index in [4.69, 9.17) is 0 Å². The van der Waals surface area contributed by atoms with Crippen molar-refractivity contribution >= 4 is 29.0 Å². The minimum atomic E-state index is 0.123. The van der Waals surface area contributed by atoms with Crippen molar-refractivity contribution in [1.29, 1.82) is 0 Å². The first-order valence-corrected chi connectivity index (χ1v) is 11.7. The maximum absolute atomic E-state index is 12.7. The molecule has 0 bridgehead atoms. The average Bonchev–Trinajstić information content (AvgIpc) is 3.31. The van der Waals surface area contributed by atoms with Crippen LogP contribution < -0.4 is 0 Å². The van der Waals surface area contributed by atoms with Gasteiger partial charge in [0.1, 0.15) is 0 Å². The number of hydrogen-bond donors (Lipinski definition) is 0. The zero-order valence-electron chi connectivity index (χ0n) is 17.3. The van der Waals surface area contributed by atoms with E-state index in [1.807, 2.05) is 16.5 Å². The number of benzene rings is 1. The number of amides is 1. The minimum Gasteiger partial charge on any atom is -0.337 e. The van der Waals surface area contributed by atoms with Crippen LogP contribution >= 0.6 is 23.1 Å². The lowest BCUT2D eigenvalue weighted by Crippen LogP contribution is -2.36. The molecular weight excluding hydrogens is 400 g/mol. The van der Waals surface area contributed by atoms with Crippen LogP contribution in [0.2, 0.25) is 0 Å². The highest BCUT2D eigenvalue weighted by molar-refractivity contribution is 7.99. The normalized spacial score (nSPS) is 14.1. The van der Waals surface area contributed by atoms with E-state index >= 15 is 0 Å². The molecule has 29 heavy (non-hydrogen) atoms. The Morgan fingerprint density at radius 3 is 2.66 bits per heavy atom. The maximum Gasteiger partial charge on any atom is 0.233 e. The Morgan fingerprint density at radius 2 is 1.93 bits per heavy atom. The van der Waals surface area contributed by atoms with Crippen molar-refractivity contribution in [3.8, 4) is 11.4 Å². The molecule has 2 aromatic heterocycles. The number of carbonyl (C=O) groups is 1. The van der Waals surface area contributed by atoms with Gasteiger partial charge in [0.2, 0.25) is 5.91 Å². The molecule has 152 valence electrons. The molecular formula is C22H26N4OS2.